The van der Waals surface area contributed by atoms with Crippen LogP contribution in [0.5, 0.6) is 0 Å². The van der Waals surface area contributed by atoms with Gasteiger partial charge in [0, 0.05) is 30.7 Å². The molecule has 1 aliphatic heterocycles. The molecule has 3 nitrogen and oxygen atoms in total. The lowest BCUT2D eigenvalue weighted by Gasteiger charge is -2.34. The van der Waals surface area contributed by atoms with Crippen LogP contribution in [0.4, 0.5) is 5.69 Å². The zero-order chi connectivity index (χ0) is 23.7. The number of nitrogens with zero attached hydrogens (tertiary/aromatic N) is 3. The average molecular weight is 432 g/mol. The van der Waals surface area contributed by atoms with Gasteiger partial charge in [-0.15, -0.1) is 0 Å². The maximum atomic E-state index is 5.09. The molecule has 0 atom stereocenters. The van der Waals surface area contributed by atoms with E-state index in [4.69, 9.17) is 4.99 Å². The van der Waals surface area contributed by atoms with Crippen LogP contribution in [0.1, 0.15) is 84.6 Å². The second kappa shape index (κ2) is 8.77. The quantitative estimate of drug-likeness (QED) is 0.470. The molecule has 3 rings (SSSR count). The Labute approximate surface area is 195 Å². The summed E-state index contributed by atoms with van der Waals surface area (Å²) in [7, 11) is 0. The van der Waals surface area contributed by atoms with Gasteiger partial charge in [-0.25, -0.2) is 0 Å². The van der Waals surface area contributed by atoms with Crippen molar-refractivity contribution in [2.24, 2.45) is 4.99 Å². The molecule has 0 bridgehead atoms. The van der Waals surface area contributed by atoms with Gasteiger partial charge < -0.3 is 9.80 Å². The molecule has 2 aromatic rings. The predicted octanol–water partition coefficient (Wildman–Crippen LogP) is 7.38. The van der Waals surface area contributed by atoms with Crippen LogP contribution in [-0.2, 0) is 17.4 Å². The Morgan fingerprint density at radius 1 is 0.844 bits per heavy atom. The van der Waals surface area contributed by atoms with Crippen molar-refractivity contribution in [2.75, 3.05) is 6.67 Å². The molecule has 1 heterocycles. The first-order valence-electron chi connectivity index (χ1n) is 11.7. The second-order valence-corrected chi connectivity index (χ2v) is 12.0. The van der Waals surface area contributed by atoms with E-state index in [1.165, 1.54) is 16.7 Å². The molecule has 0 unspecified atom stereocenters. The topological polar surface area (TPSA) is 18.8 Å². The lowest BCUT2D eigenvalue weighted by molar-refractivity contribution is 0.159. The van der Waals surface area contributed by atoms with Gasteiger partial charge in [-0.05, 0) is 53.9 Å². The Hall–Kier alpha value is -2.55. The molecule has 0 spiro atoms. The van der Waals surface area contributed by atoms with Crippen LogP contribution in [0.3, 0.4) is 0 Å². The highest BCUT2D eigenvalue weighted by molar-refractivity contribution is 5.83. The summed E-state index contributed by atoms with van der Waals surface area (Å²) in [5.74, 6) is 0. The Kier molecular flexibility index (Phi) is 6.60. The van der Waals surface area contributed by atoms with Crippen molar-refractivity contribution in [2.45, 2.75) is 85.2 Å². The minimum absolute atomic E-state index is 0.00232. The Morgan fingerprint density at radius 2 is 1.50 bits per heavy atom. The highest BCUT2D eigenvalue weighted by Crippen LogP contribution is 2.39. The summed E-state index contributed by atoms with van der Waals surface area (Å²) in [6.07, 6.45) is 6.44. The first-order chi connectivity index (χ1) is 14.7. The summed E-state index contributed by atoms with van der Waals surface area (Å²) < 4.78 is 0. The second-order valence-electron chi connectivity index (χ2n) is 12.0. The highest BCUT2D eigenvalue weighted by atomic mass is 15.4. The summed E-state index contributed by atoms with van der Waals surface area (Å²) in [6.45, 7) is 22.3. The van der Waals surface area contributed by atoms with Crippen LogP contribution in [-0.4, -0.2) is 28.2 Å². The summed E-state index contributed by atoms with van der Waals surface area (Å²) in [6, 6.07) is 15.1. The first kappa shape index (κ1) is 24.1. The van der Waals surface area contributed by atoms with Crippen LogP contribution in [0.2, 0.25) is 0 Å². The number of hydrogen-bond acceptors (Lipinski definition) is 3. The highest BCUT2D eigenvalue weighted by Gasteiger charge is 2.27. The number of aliphatic imine (C=N–C) groups is 1. The minimum Gasteiger partial charge on any atom is -0.354 e. The van der Waals surface area contributed by atoms with Crippen molar-refractivity contribution < 1.29 is 0 Å². The molecular formula is C29H41N3. The normalized spacial score (nSPS) is 15.3. The summed E-state index contributed by atoms with van der Waals surface area (Å²) in [4.78, 5) is 9.86. The zero-order valence-electron chi connectivity index (χ0n) is 21.5. The van der Waals surface area contributed by atoms with Gasteiger partial charge in [0.15, 0.2) is 0 Å². The average Bonchev–Trinajstić information content (AvgIpc) is 3.15. The third kappa shape index (κ3) is 5.82. The molecule has 0 radical (unpaired) electrons. The fourth-order valence-corrected chi connectivity index (χ4v) is 3.87. The van der Waals surface area contributed by atoms with E-state index >= 15 is 0 Å². The molecule has 0 aliphatic carbocycles. The van der Waals surface area contributed by atoms with Crippen LogP contribution < -0.4 is 0 Å². The van der Waals surface area contributed by atoms with E-state index in [-0.39, 0.29) is 16.4 Å². The Bertz CT molecular complexity index is 980. The van der Waals surface area contributed by atoms with Crippen molar-refractivity contribution in [1.29, 1.82) is 0 Å². The molecule has 3 heteroatoms. The molecule has 1 aliphatic rings. The van der Waals surface area contributed by atoms with Gasteiger partial charge in [-0.1, -0.05) is 84.0 Å². The van der Waals surface area contributed by atoms with E-state index in [2.05, 4.69) is 121 Å². The third-order valence-electron chi connectivity index (χ3n) is 6.03. The largest absolute Gasteiger partial charge is 0.354 e. The van der Waals surface area contributed by atoms with Crippen molar-refractivity contribution in [3.63, 3.8) is 0 Å². The van der Waals surface area contributed by atoms with E-state index < -0.39 is 0 Å². The zero-order valence-corrected chi connectivity index (χ0v) is 21.5. The minimum atomic E-state index is -0.00232. The van der Waals surface area contributed by atoms with Crippen molar-refractivity contribution in [3.05, 3.63) is 77.1 Å². The van der Waals surface area contributed by atoms with Crippen molar-refractivity contribution in [3.8, 4) is 0 Å². The van der Waals surface area contributed by atoms with Gasteiger partial charge in [-0.2, -0.15) is 0 Å². The number of rotatable bonds is 4. The van der Waals surface area contributed by atoms with E-state index in [0.29, 0.717) is 0 Å². The molecule has 0 aromatic heterocycles. The monoisotopic (exact) mass is 431 g/mol. The maximum absolute atomic E-state index is 5.09. The predicted molar refractivity (Wildman–Crippen MR) is 139 cm³/mol. The van der Waals surface area contributed by atoms with Crippen LogP contribution in [0.15, 0.2) is 59.9 Å². The van der Waals surface area contributed by atoms with Gasteiger partial charge in [0.05, 0.1) is 12.4 Å². The molecule has 0 N–H and O–H groups in total. The lowest BCUT2D eigenvalue weighted by Crippen LogP contribution is -2.39. The van der Waals surface area contributed by atoms with E-state index in [0.717, 1.165) is 24.5 Å². The summed E-state index contributed by atoms with van der Waals surface area (Å²) in [5, 5.41) is 0. The van der Waals surface area contributed by atoms with Gasteiger partial charge in [0.2, 0.25) is 0 Å². The molecule has 0 amide bonds. The van der Waals surface area contributed by atoms with Crippen molar-refractivity contribution >= 4 is 11.9 Å². The molecule has 0 fully saturated rings. The number of benzene rings is 2. The molecule has 0 saturated carbocycles. The van der Waals surface area contributed by atoms with Crippen LogP contribution >= 0.6 is 0 Å². The first-order valence-corrected chi connectivity index (χ1v) is 11.7. The Balaban J connectivity index is 2.08. The SMILES string of the molecule is CC(C)(C)c1cc(CN2C=CN(C(C)(C)C)C2)c(N=Cc2ccccc2)c(C(C)(C)C)c1. The van der Waals surface area contributed by atoms with Gasteiger partial charge >= 0.3 is 0 Å². The smallest absolute Gasteiger partial charge is 0.0902 e. The molecule has 172 valence electrons. The third-order valence-corrected chi connectivity index (χ3v) is 6.03. The fraction of sp³-hybridized carbons (Fsp3) is 0.483. The Morgan fingerprint density at radius 3 is 2.03 bits per heavy atom. The van der Waals surface area contributed by atoms with Crippen LogP contribution in [0.25, 0.3) is 0 Å². The van der Waals surface area contributed by atoms with Gasteiger partial charge in [-0.3, -0.25) is 4.99 Å². The molecule has 0 saturated heterocycles. The van der Waals surface area contributed by atoms with Crippen LogP contribution in [0, 0.1) is 0 Å². The van der Waals surface area contributed by atoms with E-state index in [9.17, 15) is 0 Å². The van der Waals surface area contributed by atoms with Gasteiger partial charge in [0.25, 0.3) is 0 Å². The molecule has 32 heavy (non-hydrogen) atoms. The van der Waals surface area contributed by atoms with Gasteiger partial charge in [0.1, 0.15) is 0 Å². The van der Waals surface area contributed by atoms with Crippen molar-refractivity contribution in [1.82, 2.24) is 9.80 Å². The molecular weight excluding hydrogens is 390 g/mol. The molecule has 2 aromatic carbocycles. The lowest BCUT2D eigenvalue weighted by atomic mass is 9.78. The van der Waals surface area contributed by atoms with E-state index in [1.54, 1.807) is 0 Å². The maximum Gasteiger partial charge on any atom is 0.0902 e. The van der Waals surface area contributed by atoms with E-state index in [1.807, 2.05) is 12.3 Å². The summed E-state index contributed by atoms with van der Waals surface area (Å²) in [5.41, 5.74) is 6.38. The standard InChI is InChI=1S/C29H41N3/c1-27(2,3)24-17-23(20-31-15-16-32(21-31)29(7,8)9)26(25(18-24)28(4,5)6)30-19-22-13-11-10-12-14-22/h10-19H,20-21H2,1-9H3. The number of hydrogen-bond donors (Lipinski definition) is 0. The summed E-state index contributed by atoms with van der Waals surface area (Å²) >= 11 is 0. The fourth-order valence-electron chi connectivity index (χ4n) is 3.87.